The highest BCUT2D eigenvalue weighted by Gasteiger charge is 2.17. The summed E-state index contributed by atoms with van der Waals surface area (Å²) in [5.74, 6) is 1.09. The maximum Gasteiger partial charge on any atom is 0.128 e. The van der Waals surface area contributed by atoms with Crippen LogP contribution >= 0.6 is 0 Å². The fraction of sp³-hybridized carbons (Fsp3) is 0.643. The first-order valence-corrected chi connectivity index (χ1v) is 6.82. The molecule has 0 aliphatic carbocycles. The molecule has 1 fully saturated rings. The van der Waals surface area contributed by atoms with Gasteiger partial charge in [-0.15, -0.1) is 0 Å². The third kappa shape index (κ3) is 2.82. The van der Waals surface area contributed by atoms with Crippen LogP contribution in [-0.2, 0) is 0 Å². The molecule has 2 heterocycles. The fourth-order valence-electron chi connectivity index (χ4n) is 2.51. The van der Waals surface area contributed by atoms with Crippen molar-refractivity contribution in [3.8, 4) is 0 Å². The van der Waals surface area contributed by atoms with Gasteiger partial charge in [-0.25, -0.2) is 4.98 Å². The Kier molecular flexibility index (Phi) is 4.19. The van der Waals surface area contributed by atoms with Crippen LogP contribution in [0, 0.1) is 6.92 Å². The number of rotatable bonds is 3. The van der Waals surface area contributed by atoms with E-state index in [1.807, 2.05) is 13.8 Å². The summed E-state index contributed by atoms with van der Waals surface area (Å²) in [6.45, 7) is 11.8. The Morgan fingerprint density at radius 1 is 1.28 bits per heavy atom. The predicted molar refractivity (Wildman–Crippen MR) is 75.9 cm³/mol. The molecule has 1 aromatic heterocycles. The lowest BCUT2D eigenvalue weighted by Gasteiger charge is -2.35. The second kappa shape index (κ2) is 5.67. The molecule has 0 radical (unpaired) electrons. The van der Waals surface area contributed by atoms with E-state index in [9.17, 15) is 0 Å². The first-order valence-electron chi connectivity index (χ1n) is 6.82. The molecular weight excluding hydrogens is 224 g/mol. The van der Waals surface area contributed by atoms with Crippen LogP contribution in [-0.4, -0.2) is 42.6 Å². The van der Waals surface area contributed by atoms with Crippen molar-refractivity contribution >= 4 is 5.82 Å². The number of aryl methyl sites for hydroxylation is 1. The fourth-order valence-corrected chi connectivity index (χ4v) is 2.51. The smallest absolute Gasteiger partial charge is 0.128 e. The van der Waals surface area contributed by atoms with Gasteiger partial charge in [0.2, 0.25) is 0 Å². The minimum atomic E-state index is 0.0588. The molecule has 2 rings (SSSR count). The number of anilines is 1. The van der Waals surface area contributed by atoms with Crippen molar-refractivity contribution < 1.29 is 0 Å². The molecule has 1 aromatic rings. The van der Waals surface area contributed by atoms with E-state index in [-0.39, 0.29) is 6.04 Å². The van der Waals surface area contributed by atoms with Gasteiger partial charge in [-0.3, -0.25) is 0 Å². The van der Waals surface area contributed by atoms with E-state index in [0.717, 1.165) is 49.8 Å². The molecule has 18 heavy (non-hydrogen) atoms. The maximum atomic E-state index is 5.92. The number of piperazine rings is 1. The second-order valence-electron chi connectivity index (χ2n) is 5.05. The van der Waals surface area contributed by atoms with Gasteiger partial charge in [0.05, 0.1) is 0 Å². The van der Waals surface area contributed by atoms with Crippen LogP contribution in [0.1, 0.15) is 31.1 Å². The average Bonchev–Trinajstić information content (AvgIpc) is 2.38. The first kappa shape index (κ1) is 13.3. The van der Waals surface area contributed by atoms with Crippen molar-refractivity contribution in [2.75, 3.05) is 37.6 Å². The Morgan fingerprint density at radius 3 is 2.44 bits per heavy atom. The molecule has 4 nitrogen and oxygen atoms in total. The standard InChI is InChI=1S/C14H24N4/c1-4-17-7-9-18(10-8-17)14-6-5-13(11(2)15)12(3)16-14/h5-6,11H,4,7-10,15H2,1-3H3/t11-/m1/s1. The van der Waals surface area contributed by atoms with Crippen LogP contribution in [0.15, 0.2) is 12.1 Å². The normalized spacial score (nSPS) is 19.0. The molecule has 0 bridgehead atoms. The van der Waals surface area contributed by atoms with Gasteiger partial charge in [-0.2, -0.15) is 0 Å². The lowest BCUT2D eigenvalue weighted by Crippen LogP contribution is -2.46. The summed E-state index contributed by atoms with van der Waals surface area (Å²) in [6, 6.07) is 4.28. The zero-order valence-corrected chi connectivity index (χ0v) is 11.7. The Bertz CT molecular complexity index is 395. The van der Waals surface area contributed by atoms with E-state index in [1.54, 1.807) is 0 Å². The summed E-state index contributed by atoms with van der Waals surface area (Å²) in [5, 5.41) is 0. The molecule has 0 aromatic carbocycles. The number of hydrogen-bond acceptors (Lipinski definition) is 4. The van der Waals surface area contributed by atoms with Crippen LogP contribution in [0.4, 0.5) is 5.82 Å². The monoisotopic (exact) mass is 248 g/mol. The number of nitrogens with two attached hydrogens (primary N) is 1. The quantitative estimate of drug-likeness (QED) is 0.881. The lowest BCUT2D eigenvalue weighted by molar-refractivity contribution is 0.270. The Morgan fingerprint density at radius 2 is 1.94 bits per heavy atom. The second-order valence-corrected chi connectivity index (χ2v) is 5.05. The highest BCUT2D eigenvalue weighted by Crippen LogP contribution is 2.19. The lowest BCUT2D eigenvalue weighted by atomic mass is 10.1. The van der Waals surface area contributed by atoms with Gasteiger partial charge in [0.15, 0.2) is 0 Å². The highest BCUT2D eigenvalue weighted by molar-refractivity contribution is 5.42. The van der Waals surface area contributed by atoms with Crippen molar-refractivity contribution in [2.24, 2.45) is 5.73 Å². The third-order valence-corrected chi connectivity index (χ3v) is 3.75. The molecule has 0 amide bonds. The molecule has 1 aliphatic rings. The topological polar surface area (TPSA) is 45.4 Å². The number of pyridine rings is 1. The molecule has 1 aliphatic heterocycles. The molecule has 0 saturated carbocycles. The molecule has 1 atom stereocenters. The number of hydrogen-bond donors (Lipinski definition) is 1. The van der Waals surface area contributed by atoms with E-state index in [2.05, 4.69) is 28.9 Å². The van der Waals surface area contributed by atoms with Crippen molar-refractivity contribution in [2.45, 2.75) is 26.8 Å². The van der Waals surface area contributed by atoms with Crippen LogP contribution in [0.25, 0.3) is 0 Å². The highest BCUT2D eigenvalue weighted by atomic mass is 15.3. The summed E-state index contributed by atoms with van der Waals surface area (Å²) >= 11 is 0. The molecule has 2 N–H and O–H groups in total. The SMILES string of the molecule is CCN1CCN(c2ccc([C@@H](C)N)c(C)n2)CC1. The van der Waals surface area contributed by atoms with Gasteiger partial charge in [0.1, 0.15) is 5.82 Å². The van der Waals surface area contributed by atoms with Gasteiger partial charge in [0.25, 0.3) is 0 Å². The van der Waals surface area contributed by atoms with Crippen molar-refractivity contribution in [3.05, 3.63) is 23.4 Å². The van der Waals surface area contributed by atoms with Crippen molar-refractivity contribution in [1.82, 2.24) is 9.88 Å². The van der Waals surface area contributed by atoms with Gasteiger partial charge < -0.3 is 15.5 Å². The Hall–Kier alpha value is -1.13. The van der Waals surface area contributed by atoms with Crippen LogP contribution in [0.5, 0.6) is 0 Å². The van der Waals surface area contributed by atoms with Gasteiger partial charge in [0, 0.05) is 37.9 Å². The third-order valence-electron chi connectivity index (χ3n) is 3.75. The van der Waals surface area contributed by atoms with Crippen molar-refractivity contribution in [3.63, 3.8) is 0 Å². The van der Waals surface area contributed by atoms with E-state index in [0.29, 0.717) is 0 Å². The maximum absolute atomic E-state index is 5.92. The number of nitrogens with zero attached hydrogens (tertiary/aromatic N) is 3. The van der Waals surface area contributed by atoms with Crippen LogP contribution in [0.3, 0.4) is 0 Å². The zero-order chi connectivity index (χ0) is 13.1. The Balaban J connectivity index is 2.08. The summed E-state index contributed by atoms with van der Waals surface area (Å²) < 4.78 is 0. The first-order chi connectivity index (χ1) is 8.61. The summed E-state index contributed by atoms with van der Waals surface area (Å²) in [4.78, 5) is 9.53. The summed E-state index contributed by atoms with van der Waals surface area (Å²) in [6.07, 6.45) is 0. The van der Waals surface area contributed by atoms with E-state index < -0.39 is 0 Å². The minimum Gasteiger partial charge on any atom is -0.354 e. The van der Waals surface area contributed by atoms with Crippen molar-refractivity contribution in [1.29, 1.82) is 0 Å². The molecule has 1 saturated heterocycles. The van der Waals surface area contributed by atoms with Crippen LogP contribution in [0.2, 0.25) is 0 Å². The molecule has 0 unspecified atom stereocenters. The Labute approximate surface area is 110 Å². The zero-order valence-electron chi connectivity index (χ0n) is 11.7. The van der Waals surface area contributed by atoms with E-state index in [1.165, 1.54) is 0 Å². The molecular formula is C14H24N4. The number of aromatic nitrogens is 1. The summed E-state index contributed by atoms with van der Waals surface area (Å²) in [7, 11) is 0. The van der Waals surface area contributed by atoms with Gasteiger partial charge in [-0.1, -0.05) is 13.0 Å². The van der Waals surface area contributed by atoms with Crippen LogP contribution < -0.4 is 10.6 Å². The number of likely N-dealkylation sites (N-methyl/N-ethyl adjacent to an activating group) is 1. The molecule has 4 heteroatoms. The van der Waals surface area contributed by atoms with Gasteiger partial charge in [-0.05, 0) is 32.0 Å². The molecule has 0 spiro atoms. The summed E-state index contributed by atoms with van der Waals surface area (Å²) in [5.41, 5.74) is 8.12. The molecule has 100 valence electrons. The van der Waals surface area contributed by atoms with E-state index in [4.69, 9.17) is 10.7 Å². The largest absolute Gasteiger partial charge is 0.354 e. The predicted octanol–water partition coefficient (Wildman–Crippen LogP) is 1.55. The minimum absolute atomic E-state index is 0.0588. The van der Waals surface area contributed by atoms with Gasteiger partial charge >= 0.3 is 0 Å². The van der Waals surface area contributed by atoms with E-state index >= 15 is 0 Å². The average molecular weight is 248 g/mol.